The standard InChI is InChI=1S/C9H15BrN2/c1-7(8(2)10)6-9-4-5-12(3)11-9/h4-5,7-8H,6H2,1-3H3. The molecule has 68 valence electrons. The smallest absolute Gasteiger partial charge is 0.0627 e. The molecule has 2 unspecified atom stereocenters. The fourth-order valence-electron chi connectivity index (χ4n) is 1.06. The van der Waals surface area contributed by atoms with Crippen LogP contribution in [-0.2, 0) is 13.5 Å². The van der Waals surface area contributed by atoms with Gasteiger partial charge in [-0.15, -0.1) is 0 Å². The van der Waals surface area contributed by atoms with Gasteiger partial charge >= 0.3 is 0 Å². The van der Waals surface area contributed by atoms with Gasteiger partial charge in [-0.2, -0.15) is 5.10 Å². The summed E-state index contributed by atoms with van der Waals surface area (Å²) in [4.78, 5) is 0.555. The van der Waals surface area contributed by atoms with Crippen molar-refractivity contribution in [1.82, 2.24) is 9.78 Å². The quantitative estimate of drug-likeness (QED) is 0.730. The summed E-state index contributed by atoms with van der Waals surface area (Å²) in [6, 6.07) is 2.08. The largest absolute Gasteiger partial charge is 0.276 e. The molecule has 0 aliphatic heterocycles. The molecule has 1 heterocycles. The molecule has 1 rings (SSSR count). The lowest BCUT2D eigenvalue weighted by Gasteiger charge is -2.11. The van der Waals surface area contributed by atoms with E-state index in [9.17, 15) is 0 Å². The zero-order valence-electron chi connectivity index (χ0n) is 7.79. The van der Waals surface area contributed by atoms with Gasteiger partial charge in [0.05, 0.1) is 5.69 Å². The first kappa shape index (κ1) is 9.78. The fraction of sp³-hybridized carbons (Fsp3) is 0.667. The number of nitrogens with zero attached hydrogens (tertiary/aromatic N) is 2. The van der Waals surface area contributed by atoms with Gasteiger partial charge < -0.3 is 0 Å². The average molecular weight is 231 g/mol. The van der Waals surface area contributed by atoms with Crippen molar-refractivity contribution in [3.8, 4) is 0 Å². The lowest BCUT2D eigenvalue weighted by Crippen LogP contribution is -2.10. The third-order valence-corrected chi connectivity index (χ3v) is 2.99. The molecule has 0 aromatic carbocycles. The molecule has 0 radical (unpaired) electrons. The van der Waals surface area contributed by atoms with Crippen molar-refractivity contribution in [2.45, 2.75) is 25.1 Å². The Kier molecular flexibility index (Phi) is 3.32. The van der Waals surface area contributed by atoms with Crippen LogP contribution in [0.4, 0.5) is 0 Å². The fourth-order valence-corrected chi connectivity index (χ4v) is 1.25. The van der Waals surface area contributed by atoms with Gasteiger partial charge in [0.2, 0.25) is 0 Å². The number of rotatable bonds is 3. The van der Waals surface area contributed by atoms with Gasteiger partial charge in [-0.05, 0) is 18.4 Å². The van der Waals surface area contributed by atoms with E-state index in [0.717, 1.165) is 6.42 Å². The molecular formula is C9H15BrN2. The molecule has 0 saturated carbocycles. The lowest BCUT2D eigenvalue weighted by molar-refractivity contribution is 0.565. The van der Waals surface area contributed by atoms with Crippen LogP contribution >= 0.6 is 15.9 Å². The molecule has 0 bridgehead atoms. The summed E-state index contributed by atoms with van der Waals surface area (Å²) in [5.41, 5.74) is 1.18. The molecule has 3 heteroatoms. The summed E-state index contributed by atoms with van der Waals surface area (Å²) in [7, 11) is 1.95. The Hall–Kier alpha value is -0.310. The van der Waals surface area contributed by atoms with Crippen LogP contribution in [0.15, 0.2) is 12.3 Å². The van der Waals surface area contributed by atoms with E-state index >= 15 is 0 Å². The second-order valence-corrected chi connectivity index (χ2v) is 4.78. The van der Waals surface area contributed by atoms with Crippen LogP contribution in [0.5, 0.6) is 0 Å². The molecule has 0 aliphatic rings. The third kappa shape index (κ3) is 2.63. The van der Waals surface area contributed by atoms with Gasteiger partial charge in [-0.25, -0.2) is 0 Å². The van der Waals surface area contributed by atoms with E-state index in [0.29, 0.717) is 10.7 Å². The summed E-state index contributed by atoms with van der Waals surface area (Å²) in [6.07, 6.45) is 3.04. The summed E-state index contributed by atoms with van der Waals surface area (Å²) >= 11 is 3.57. The van der Waals surface area contributed by atoms with Gasteiger partial charge in [0.25, 0.3) is 0 Å². The molecular weight excluding hydrogens is 216 g/mol. The van der Waals surface area contributed by atoms with Gasteiger partial charge in [0.1, 0.15) is 0 Å². The minimum atomic E-state index is 0.555. The van der Waals surface area contributed by atoms with Crippen LogP contribution in [0.3, 0.4) is 0 Å². The Bertz CT molecular complexity index is 242. The Morgan fingerprint density at radius 3 is 2.67 bits per heavy atom. The second kappa shape index (κ2) is 4.08. The van der Waals surface area contributed by atoms with Crippen molar-refractivity contribution in [1.29, 1.82) is 0 Å². The molecule has 12 heavy (non-hydrogen) atoms. The SMILES string of the molecule is CC(Br)C(C)Cc1ccn(C)n1. The summed E-state index contributed by atoms with van der Waals surface area (Å²) in [5, 5.41) is 4.33. The van der Waals surface area contributed by atoms with E-state index in [1.807, 2.05) is 17.9 Å². The number of hydrogen-bond donors (Lipinski definition) is 0. The first-order valence-electron chi connectivity index (χ1n) is 4.22. The molecule has 0 spiro atoms. The minimum Gasteiger partial charge on any atom is -0.276 e. The molecule has 0 aliphatic carbocycles. The second-order valence-electron chi connectivity index (χ2n) is 3.34. The molecule has 1 aromatic heterocycles. The maximum Gasteiger partial charge on any atom is 0.0627 e. The van der Waals surface area contributed by atoms with Crippen LogP contribution in [0.25, 0.3) is 0 Å². The van der Waals surface area contributed by atoms with Gasteiger partial charge in [-0.3, -0.25) is 4.68 Å². The third-order valence-electron chi connectivity index (χ3n) is 2.08. The molecule has 2 atom stereocenters. The van der Waals surface area contributed by atoms with E-state index in [1.165, 1.54) is 5.69 Å². The van der Waals surface area contributed by atoms with Crippen LogP contribution in [0.1, 0.15) is 19.5 Å². The highest BCUT2D eigenvalue weighted by molar-refractivity contribution is 9.09. The van der Waals surface area contributed by atoms with E-state index in [1.54, 1.807) is 0 Å². The van der Waals surface area contributed by atoms with Crippen molar-refractivity contribution in [3.05, 3.63) is 18.0 Å². The maximum absolute atomic E-state index is 4.33. The van der Waals surface area contributed by atoms with Crippen LogP contribution < -0.4 is 0 Å². The molecule has 0 fully saturated rings. The Balaban J connectivity index is 2.52. The lowest BCUT2D eigenvalue weighted by atomic mass is 10.0. The molecule has 0 amide bonds. The van der Waals surface area contributed by atoms with E-state index in [-0.39, 0.29) is 0 Å². The van der Waals surface area contributed by atoms with Crippen molar-refractivity contribution in [3.63, 3.8) is 0 Å². The molecule has 0 saturated heterocycles. The molecule has 1 aromatic rings. The number of aryl methyl sites for hydroxylation is 1. The first-order valence-corrected chi connectivity index (χ1v) is 5.13. The first-order chi connectivity index (χ1) is 5.59. The summed E-state index contributed by atoms with van der Waals surface area (Å²) < 4.78 is 1.85. The average Bonchev–Trinajstić information content (AvgIpc) is 2.35. The number of hydrogen-bond acceptors (Lipinski definition) is 1. The van der Waals surface area contributed by atoms with Crippen molar-refractivity contribution >= 4 is 15.9 Å². The molecule has 0 N–H and O–H groups in total. The van der Waals surface area contributed by atoms with Crippen LogP contribution in [0.2, 0.25) is 0 Å². The van der Waals surface area contributed by atoms with Crippen LogP contribution in [0, 0.1) is 5.92 Å². The highest BCUT2D eigenvalue weighted by Crippen LogP contribution is 2.15. The number of halogens is 1. The predicted octanol–water partition coefficient (Wildman–Crippen LogP) is 2.38. The monoisotopic (exact) mass is 230 g/mol. The van der Waals surface area contributed by atoms with E-state index in [2.05, 4.69) is 40.9 Å². The maximum atomic E-state index is 4.33. The number of aromatic nitrogens is 2. The predicted molar refractivity (Wildman–Crippen MR) is 54.5 cm³/mol. The van der Waals surface area contributed by atoms with Gasteiger partial charge in [0.15, 0.2) is 0 Å². The highest BCUT2D eigenvalue weighted by atomic mass is 79.9. The Morgan fingerprint density at radius 2 is 2.25 bits per heavy atom. The van der Waals surface area contributed by atoms with Gasteiger partial charge in [-0.1, -0.05) is 29.8 Å². The van der Waals surface area contributed by atoms with Crippen molar-refractivity contribution in [2.75, 3.05) is 0 Å². The summed E-state index contributed by atoms with van der Waals surface area (Å²) in [5.74, 6) is 0.639. The van der Waals surface area contributed by atoms with Crippen LogP contribution in [-0.4, -0.2) is 14.6 Å². The zero-order chi connectivity index (χ0) is 9.14. The minimum absolute atomic E-state index is 0.555. The Morgan fingerprint density at radius 1 is 1.58 bits per heavy atom. The van der Waals surface area contributed by atoms with Gasteiger partial charge in [0, 0.05) is 18.1 Å². The number of alkyl halides is 1. The van der Waals surface area contributed by atoms with E-state index < -0.39 is 0 Å². The zero-order valence-corrected chi connectivity index (χ0v) is 9.37. The topological polar surface area (TPSA) is 17.8 Å². The van der Waals surface area contributed by atoms with Crippen molar-refractivity contribution < 1.29 is 0 Å². The Labute approximate surface area is 82.1 Å². The molecule has 2 nitrogen and oxygen atoms in total. The summed E-state index contributed by atoms with van der Waals surface area (Å²) in [6.45, 7) is 4.40. The van der Waals surface area contributed by atoms with E-state index in [4.69, 9.17) is 0 Å². The highest BCUT2D eigenvalue weighted by Gasteiger charge is 2.10. The normalized spacial score (nSPS) is 16.0. The van der Waals surface area contributed by atoms with Crippen molar-refractivity contribution in [2.24, 2.45) is 13.0 Å².